The topological polar surface area (TPSA) is 96.7 Å². The molecule has 0 aliphatic rings. The predicted molar refractivity (Wildman–Crippen MR) is 149 cm³/mol. The SMILES string of the molecule is O=C(Oc1c(Br)cc(Br)cc1C=NNC(=O)c1[nH]c2ccc(F)cc2c1-c1ccccc1Cl)c1ccco1. The van der Waals surface area contributed by atoms with Gasteiger partial charge in [-0.15, -0.1) is 0 Å². The number of carbonyl (C=O) groups is 2. The van der Waals surface area contributed by atoms with Gasteiger partial charge in [0, 0.05) is 37.1 Å². The van der Waals surface area contributed by atoms with Crippen molar-refractivity contribution in [2.24, 2.45) is 5.10 Å². The maximum atomic E-state index is 14.1. The van der Waals surface area contributed by atoms with Gasteiger partial charge in [-0.1, -0.05) is 45.7 Å². The number of fused-ring (bicyclic) bond motifs is 1. The molecular weight excluding hydrogens is 645 g/mol. The van der Waals surface area contributed by atoms with Crippen LogP contribution in [0.25, 0.3) is 22.0 Å². The average molecular weight is 660 g/mol. The van der Waals surface area contributed by atoms with Gasteiger partial charge in [0.15, 0.2) is 5.75 Å². The van der Waals surface area contributed by atoms with Crippen LogP contribution in [-0.4, -0.2) is 23.1 Å². The number of aromatic amines is 1. The third-order valence-electron chi connectivity index (χ3n) is 5.45. The number of carbonyl (C=O) groups excluding carboxylic acids is 2. The van der Waals surface area contributed by atoms with Gasteiger partial charge in [0.25, 0.3) is 5.91 Å². The van der Waals surface area contributed by atoms with E-state index < -0.39 is 17.7 Å². The lowest BCUT2D eigenvalue weighted by atomic mass is 10.0. The Labute approximate surface area is 236 Å². The van der Waals surface area contributed by atoms with Gasteiger partial charge >= 0.3 is 5.97 Å². The molecule has 0 saturated carbocycles. The summed E-state index contributed by atoms with van der Waals surface area (Å²) in [5, 5.41) is 4.96. The molecule has 0 spiro atoms. The van der Waals surface area contributed by atoms with Crippen molar-refractivity contribution in [2.45, 2.75) is 0 Å². The second-order valence-corrected chi connectivity index (χ2v) is 10.1. The van der Waals surface area contributed by atoms with Crippen molar-refractivity contribution in [3.8, 4) is 16.9 Å². The zero-order valence-electron chi connectivity index (χ0n) is 19.1. The number of benzene rings is 3. The van der Waals surface area contributed by atoms with Crippen LogP contribution in [0.1, 0.15) is 26.6 Å². The summed E-state index contributed by atoms with van der Waals surface area (Å²) < 4.78 is 25.8. The fourth-order valence-corrected chi connectivity index (χ4v) is 5.39. The molecule has 11 heteroatoms. The van der Waals surface area contributed by atoms with Crippen LogP contribution < -0.4 is 10.2 Å². The van der Waals surface area contributed by atoms with Crippen molar-refractivity contribution >= 4 is 72.5 Å². The van der Waals surface area contributed by atoms with Crippen LogP contribution in [0, 0.1) is 5.82 Å². The summed E-state index contributed by atoms with van der Waals surface area (Å²) in [4.78, 5) is 28.7. The van der Waals surface area contributed by atoms with Gasteiger partial charge in [-0.25, -0.2) is 14.6 Å². The Morgan fingerprint density at radius 3 is 2.66 bits per heavy atom. The standard InChI is InChI=1S/C27H15Br2ClFN3O4/c28-15-10-14(25(19(29)11-15)38-27(36)22-6-3-9-37-22)13-32-34-26(35)24-23(17-4-1-2-5-20(17)30)18-12-16(31)7-8-21(18)33-24/h1-13,33H,(H,34,35). The summed E-state index contributed by atoms with van der Waals surface area (Å²) in [5.74, 6) is -1.54. The number of nitrogens with one attached hydrogen (secondary N) is 2. The molecule has 7 nitrogen and oxygen atoms in total. The minimum absolute atomic E-state index is 0.0263. The monoisotopic (exact) mass is 657 g/mol. The van der Waals surface area contributed by atoms with Crippen LogP contribution >= 0.6 is 43.5 Å². The average Bonchev–Trinajstić information content (AvgIpc) is 3.55. The Morgan fingerprint density at radius 2 is 1.89 bits per heavy atom. The Hall–Kier alpha value is -3.73. The molecule has 0 bridgehead atoms. The number of hydrogen-bond donors (Lipinski definition) is 2. The van der Waals surface area contributed by atoms with Crippen LogP contribution in [0.2, 0.25) is 5.02 Å². The minimum atomic E-state index is -0.702. The van der Waals surface area contributed by atoms with E-state index in [1.807, 2.05) is 0 Å². The maximum absolute atomic E-state index is 14.1. The summed E-state index contributed by atoms with van der Waals surface area (Å²) in [5.41, 5.74) is 4.56. The molecule has 0 fully saturated rings. The smallest absolute Gasteiger partial charge is 0.379 e. The van der Waals surface area contributed by atoms with Gasteiger partial charge in [-0.05, 0) is 64.5 Å². The van der Waals surface area contributed by atoms with Gasteiger partial charge in [-0.2, -0.15) is 5.10 Å². The number of ether oxygens (including phenoxy) is 1. The molecule has 0 radical (unpaired) electrons. The highest BCUT2D eigenvalue weighted by Gasteiger charge is 2.22. The van der Waals surface area contributed by atoms with Crippen LogP contribution in [0.5, 0.6) is 5.75 Å². The third kappa shape index (κ3) is 5.28. The molecule has 0 aliphatic heterocycles. The largest absolute Gasteiger partial charge is 0.457 e. The van der Waals surface area contributed by atoms with E-state index in [2.05, 4.69) is 47.4 Å². The van der Waals surface area contributed by atoms with Gasteiger partial charge in [0.2, 0.25) is 5.76 Å². The van der Waals surface area contributed by atoms with Crippen LogP contribution in [-0.2, 0) is 0 Å². The van der Waals surface area contributed by atoms with Crippen molar-refractivity contribution in [3.63, 3.8) is 0 Å². The van der Waals surface area contributed by atoms with E-state index in [9.17, 15) is 14.0 Å². The number of hydrogen-bond acceptors (Lipinski definition) is 5. The zero-order valence-corrected chi connectivity index (χ0v) is 23.0. The molecule has 1 amide bonds. The van der Waals surface area contributed by atoms with Crippen LogP contribution in [0.4, 0.5) is 4.39 Å². The number of aromatic nitrogens is 1. The number of furan rings is 1. The summed E-state index contributed by atoms with van der Waals surface area (Å²) in [7, 11) is 0. The second kappa shape index (κ2) is 10.9. The molecule has 0 saturated heterocycles. The first-order valence-corrected chi connectivity index (χ1v) is 12.9. The van der Waals surface area contributed by atoms with E-state index in [0.29, 0.717) is 41.6 Å². The first kappa shape index (κ1) is 25.9. The number of esters is 1. The van der Waals surface area contributed by atoms with Gasteiger partial charge < -0.3 is 14.1 Å². The highest BCUT2D eigenvalue weighted by atomic mass is 79.9. The van der Waals surface area contributed by atoms with E-state index in [4.69, 9.17) is 20.8 Å². The molecule has 38 heavy (non-hydrogen) atoms. The van der Waals surface area contributed by atoms with Crippen molar-refractivity contribution in [1.82, 2.24) is 10.4 Å². The molecule has 5 aromatic rings. The first-order valence-electron chi connectivity index (χ1n) is 11.0. The summed E-state index contributed by atoms with van der Waals surface area (Å²) in [6, 6.07) is 17.5. The maximum Gasteiger partial charge on any atom is 0.379 e. The normalized spacial score (nSPS) is 11.3. The molecule has 2 aromatic heterocycles. The number of halogens is 4. The molecule has 0 aliphatic carbocycles. The summed E-state index contributed by atoms with van der Waals surface area (Å²) >= 11 is 13.2. The van der Waals surface area contributed by atoms with Crippen molar-refractivity contribution < 1.29 is 23.1 Å². The summed E-state index contributed by atoms with van der Waals surface area (Å²) in [6.45, 7) is 0. The lowest BCUT2D eigenvalue weighted by Gasteiger charge is -2.10. The fraction of sp³-hybridized carbons (Fsp3) is 0. The molecular formula is C27H15Br2ClFN3O4. The predicted octanol–water partition coefficient (Wildman–Crippen LogP) is 7.73. The van der Waals surface area contributed by atoms with E-state index in [1.54, 1.807) is 48.5 Å². The van der Waals surface area contributed by atoms with Crippen molar-refractivity contribution in [3.05, 3.63) is 110 Å². The Balaban J connectivity index is 1.47. The van der Waals surface area contributed by atoms with Crippen LogP contribution in [0.15, 0.2) is 91.5 Å². The number of hydrazone groups is 1. The quantitative estimate of drug-likeness (QED) is 0.0844. The lowest BCUT2D eigenvalue weighted by molar-refractivity contribution is 0.0699. The molecule has 5 rings (SSSR count). The highest BCUT2D eigenvalue weighted by Crippen LogP contribution is 2.37. The first-order chi connectivity index (χ1) is 18.3. The van der Waals surface area contributed by atoms with Crippen molar-refractivity contribution in [2.75, 3.05) is 0 Å². The number of rotatable bonds is 6. The lowest BCUT2D eigenvalue weighted by Crippen LogP contribution is -2.19. The number of H-pyrrole nitrogens is 1. The third-order valence-corrected chi connectivity index (χ3v) is 6.83. The van der Waals surface area contributed by atoms with E-state index in [0.717, 1.165) is 0 Å². The van der Waals surface area contributed by atoms with E-state index in [1.165, 1.54) is 30.7 Å². The zero-order chi connectivity index (χ0) is 26.8. The molecule has 190 valence electrons. The Morgan fingerprint density at radius 1 is 1.08 bits per heavy atom. The number of amides is 1. The Bertz CT molecular complexity index is 1720. The van der Waals surface area contributed by atoms with Crippen LogP contribution in [0.3, 0.4) is 0 Å². The minimum Gasteiger partial charge on any atom is -0.457 e. The van der Waals surface area contributed by atoms with E-state index >= 15 is 0 Å². The highest BCUT2D eigenvalue weighted by molar-refractivity contribution is 9.11. The summed E-state index contributed by atoms with van der Waals surface area (Å²) in [6.07, 6.45) is 2.69. The second-order valence-electron chi connectivity index (χ2n) is 7.92. The molecule has 2 N–H and O–H groups in total. The molecule has 3 aromatic carbocycles. The molecule has 2 heterocycles. The van der Waals surface area contributed by atoms with Gasteiger partial charge in [0.1, 0.15) is 11.5 Å². The Kier molecular flexibility index (Phi) is 7.46. The molecule has 0 unspecified atom stereocenters. The molecule has 0 atom stereocenters. The van der Waals surface area contributed by atoms with Gasteiger partial charge in [-0.3, -0.25) is 4.79 Å². The number of nitrogens with zero attached hydrogens (tertiary/aromatic N) is 1. The van der Waals surface area contributed by atoms with E-state index in [-0.39, 0.29) is 17.2 Å². The van der Waals surface area contributed by atoms with Crippen molar-refractivity contribution in [1.29, 1.82) is 0 Å². The van der Waals surface area contributed by atoms with Gasteiger partial charge in [0.05, 0.1) is 17.0 Å². The fourth-order valence-electron chi connectivity index (χ4n) is 3.82.